The van der Waals surface area contributed by atoms with Gasteiger partial charge < -0.3 is 4.74 Å². The van der Waals surface area contributed by atoms with Crippen LogP contribution in [0.3, 0.4) is 0 Å². The topological polar surface area (TPSA) is 9.23 Å². The second-order valence-corrected chi connectivity index (χ2v) is 7.92. The van der Waals surface area contributed by atoms with Gasteiger partial charge >= 0.3 is 0 Å². The van der Waals surface area contributed by atoms with E-state index in [1.54, 1.807) is 13.2 Å². The lowest BCUT2D eigenvalue weighted by Gasteiger charge is -2.09. The molecule has 0 fully saturated rings. The van der Waals surface area contributed by atoms with Gasteiger partial charge in [-0.25, -0.2) is 4.39 Å². The van der Waals surface area contributed by atoms with Gasteiger partial charge in [-0.3, -0.25) is 0 Å². The van der Waals surface area contributed by atoms with Gasteiger partial charge in [0.25, 0.3) is 0 Å². The maximum Gasteiger partial charge on any atom is 0.147 e. The van der Waals surface area contributed by atoms with Crippen LogP contribution in [0.5, 0.6) is 5.75 Å². The molecule has 176 valence electrons. The molecule has 3 rings (SSSR count). The number of rotatable bonds is 4. The number of hydrogen-bond acceptors (Lipinski definition) is 1. The zero-order valence-corrected chi connectivity index (χ0v) is 21.3. The number of ether oxygens (including phenoxy) is 1. The van der Waals surface area contributed by atoms with E-state index in [1.807, 2.05) is 57.2 Å². The molecule has 0 saturated carbocycles. The molecule has 1 nitrogen and oxygen atoms in total. The van der Waals surface area contributed by atoms with Crippen molar-refractivity contribution < 1.29 is 9.13 Å². The van der Waals surface area contributed by atoms with E-state index in [4.69, 9.17) is 4.74 Å². The molecule has 0 aliphatic heterocycles. The summed E-state index contributed by atoms with van der Waals surface area (Å²) < 4.78 is 20.8. The first-order chi connectivity index (χ1) is 16.5. The Kier molecular flexibility index (Phi) is 11.0. The zero-order valence-electron chi connectivity index (χ0n) is 21.3. The molecule has 34 heavy (non-hydrogen) atoms. The van der Waals surface area contributed by atoms with Gasteiger partial charge in [-0.05, 0) is 87.1 Å². The van der Waals surface area contributed by atoms with Crippen molar-refractivity contribution in [3.63, 3.8) is 0 Å². The Hall–Kier alpha value is -3.49. The molecule has 0 amide bonds. The number of halogens is 1. The molecule has 0 saturated heterocycles. The number of allylic oxidation sites excluding steroid dienone is 6. The van der Waals surface area contributed by atoms with Gasteiger partial charge in [-0.2, -0.15) is 0 Å². The maximum atomic E-state index is 15.6. The van der Waals surface area contributed by atoms with Crippen LogP contribution >= 0.6 is 0 Å². The van der Waals surface area contributed by atoms with Crippen molar-refractivity contribution in [2.75, 3.05) is 7.11 Å². The van der Waals surface area contributed by atoms with E-state index in [9.17, 15) is 0 Å². The Balaban J connectivity index is 0.00000199. The van der Waals surface area contributed by atoms with Gasteiger partial charge in [-0.1, -0.05) is 68.3 Å². The Morgan fingerprint density at radius 2 is 1.68 bits per heavy atom. The molecular weight excluding hydrogens is 419 g/mol. The molecule has 0 heterocycles. The lowest BCUT2D eigenvalue weighted by atomic mass is 9.95. The van der Waals surface area contributed by atoms with Gasteiger partial charge in [0.2, 0.25) is 0 Å². The quantitative estimate of drug-likeness (QED) is 0.332. The minimum Gasteiger partial charge on any atom is -0.497 e. The fourth-order valence-corrected chi connectivity index (χ4v) is 3.40. The number of methoxy groups -OCH3 is 1. The highest BCUT2D eigenvalue weighted by Gasteiger charge is 2.18. The summed E-state index contributed by atoms with van der Waals surface area (Å²) in [6.45, 7) is 10.2. The van der Waals surface area contributed by atoms with Gasteiger partial charge in [0, 0.05) is 16.7 Å². The van der Waals surface area contributed by atoms with Gasteiger partial charge in [0.05, 0.1) is 12.7 Å². The van der Waals surface area contributed by atoms with E-state index in [-0.39, 0.29) is 5.82 Å². The smallest absolute Gasteiger partial charge is 0.147 e. The highest BCUT2D eigenvalue weighted by atomic mass is 19.1. The molecule has 1 aliphatic rings. The van der Waals surface area contributed by atoms with Crippen LogP contribution in [0, 0.1) is 29.5 Å². The molecule has 0 N–H and O–H groups in total. The molecule has 2 aromatic carbocycles. The Bertz CT molecular complexity index is 1190. The molecular formula is C32H35FO. The van der Waals surface area contributed by atoms with E-state index in [0.717, 1.165) is 48.1 Å². The largest absolute Gasteiger partial charge is 0.497 e. The lowest BCUT2D eigenvalue weighted by molar-refractivity contribution is 0.415. The lowest BCUT2D eigenvalue weighted by Crippen LogP contribution is -1.97. The van der Waals surface area contributed by atoms with E-state index < -0.39 is 0 Å². The summed E-state index contributed by atoms with van der Waals surface area (Å²) in [4.78, 5) is 0. The van der Waals surface area contributed by atoms with Crippen molar-refractivity contribution in [3.8, 4) is 29.4 Å². The zero-order chi connectivity index (χ0) is 24.9. The first-order valence-corrected chi connectivity index (χ1v) is 12.1. The van der Waals surface area contributed by atoms with Crippen LogP contribution in [0.4, 0.5) is 4.39 Å². The van der Waals surface area contributed by atoms with Crippen molar-refractivity contribution in [3.05, 3.63) is 93.8 Å². The summed E-state index contributed by atoms with van der Waals surface area (Å²) in [6, 6.07) is 11.2. The molecule has 0 bridgehead atoms. The molecule has 2 aromatic rings. The Morgan fingerprint density at radius 1 is 0.971 bits per heavy atom. The van der Waals surface area contributed by atoms with Crippen molar-refractivity contribution in [2.24, 2.45) is 0 Å². The third-order valence-corrected chi connectivity index (χ3v) is 5.51. The predicted molar refractivity (Wildman–Crippen MR) is 143 cm³/mol. The normalized spacial score (nSPS) is 13.0. The predicted octanol–water partition coefficient (Wildman–Crippen LogP) is 8.48. The van der Waals surface area contributed by atoms with Crippen LogP contribution in [0.2, 0.25) is 0 Å². The molecule has 0 spiro atoms. The van der Waals surface area contributed by atoms with Crippen LogP contribution in [-0.4, -0.2) is 7.11 Å². The third-order valence-electron chi connectivity index (χ3n) is 5.51. The van der Waals surface area contributed by atoms with Gasteiger partial charge in [-0.15, -0.1) is 0 Å². The molecule has 2 heteroatoms. The average Bonchev–Trinajstić information content (AvgIpc) is 3.41. The van der Waals surface area contributed by atoms with Crippen LogP contribution in [0.1, 0.15) is 82.6 Å². The molecule has 0 atom stereocenters. The highest BCUT2D eigenvalue weighted by molar-refractivity contribution is 5.74. The number of hydrogen-bond donors (Lipinski definition) is 0. The van der Waals surface area contributed by atoms with E-state index >= 15 is 4.39 Å². The average molecular weight is 455 g/mol. The van der Waals surface area contributed by atoms with Crippen molar-refractivity contribution in [1.29, 1.82) is 0 Å². The van der Waals surface area contributed by atoms with Crippen molar-refractivity contribution >= 4 is 5.57 Å². The highest BCUT2D eigenvalue weighted by Crippen LogP contribution is 2.33. The molecule has 1 aliphatic carbocycles. The van der Waals surface area contributed by atoms with Crippen LogP contribution in [-0.2, 0) is 0 Å². The van der Waals surface area contributed by atoms with E-state index in [1.165, 1.54) is 5.57 Å². The SMILES string of the molecule is CC.CC/C(C)=C\C=C(/C)C#Cc1ccc(C#Cc2ccc(OC)cc2)c(C2=CCCC2)c1F. The first-order valence-electron chi connectivity index (χ1n) is 12.1. The number of benzene rings is 2. The Labute approximate surface area is 205 Å². The molecule has 0 aromatic heterocycles. The second-order valence-electron chi connectivity index (χ2n) is 7.92. The summed E-state index contributed by atoms with van der Waals surface area (Å²) in [5.74, 6) is 12.9. The monoisotopic (exact) mass is 454 g/mol. The van der Waals surface area contributed by atoms with Crippen molar-refractivity contribution in [2.45, 2.75) is 60.3 Å². The second kappa shape index (κ2) is 13.9. The van der Waals surface area contributed by atoms with E-state index in [0.29, 0.717) is 16.7 Å². The van der Waals surface area contributed by atoms with Gasteiger partial charge in [0.1, 0.15) is 11.6 Å². The summed E-state index contributed by atoms with van der Waals surface area (Å²) >= 11 is 0. The first kappa shape index (κ1) is 26.8. The minimum atomic E-state index is -0.278. The summed E-state index contributed by atoms with van der Waals surface area (Å²) in [7, 11) is 1.63. The minimum absolute atomic E-state index is 0.278. The van der Waals surface area contributed by atoms with Crippen LogP contribution in [0.15, 0.2) is 65.8 Å². The standard InChI is InChI=1S/C30H29FO.C2H6/c1-5-22(2)10-11-23(3)12-16-27-19-18-26(29(30(27)31)25-8-6-7-9-25)17-13-24-14-20-28(32-4)21-15-24;1-2/h8,10-11,14-15,18-21H,5-7,9H2,1-4H3;1-2H3/b22-10-,23-11+;. The summed E-state index contributed by atoms with van der Waals surface area (Å²) in [5, 5.41) is 0. The fraction of sp³-hybridized carbons (Fsp3) is 0.312. The van der Waals surface area contributed by atoms with E-state index in [2.05, 4.69) is 49.7 Å². The van der Waals surface area contributed by atoms with Crippen molar-refractivity contribution in [1.82, 2.24) is 0 Å². The fourth-order valence-electron chi connectivity index (χ4n) is 3.40. The summed E-state index contributed by atoms with van der Waals surface area (Å²) in [5.41, 5.74) is 5.78. The molecule has 0 radical (unpaired) electrons. The van der Waals surface area contributed by atoms with Crippen LogP contribution < -0.4 is 4.74 Å². The summed E-state index contributed by atoms with van der Waals surface area (Å²) in [6.07, 6.45) is 10.1. The Morgan fingerprint density at radius 3 is 2.29 bits per heavy atom. The van der Waals surface area contributed by atoms with Crippen LogP contribution in [0.25, 0.3) is 5.57 Å². The maximum absolute atomic E-state index is 15.6. The van der Waals surface area contributed by atoms with Gasteiger partial charge in [0.15, 0.2) is 0 Å². The third kappa shape index (κ3) is 7.54. The molecule has 0 unspecified atom stereocenters.